The van der Waals surface area contributed by atoms with E-state index in [0.29, 0.717) is 5.75 Å². The van der Waals surface area contributed by atoms with Crippen molar-refractivity contribution in [2.75, 3.05) is 0 Å². The lowest BCUT2D eigenvalue weighted by Crippen LogP contribution is -2.24. The quantitative estimate of drug-likeness (QED) is 0.767. The standard InChI is InChI=1S/C12H17NO/c1-2-9-5-10(7-11(14)6-9)8-12(13)3-4-12/h5-7,14H,2-4,8,13H2,1H3. The van der Waals surface area contributed by atoms with E-state index in [9.17, 15) is 5.11 Å². The first-order valence-corrected chi connectivity index (χ1v) is 5.22. The maximum Gasteiger partial charge on any atom is 0.116 e. The number of hydrogen-bond donors (Lipinski definition) is 2. The number of rotatable bonds is 3. The average molecular weight is 191 g/mol. The van der Waals surface area contributed by atoms with Crippen molar-refractivity contribution in [3.8, 4) is 5.75 Å². The van der Waals surface area contributed by atoms with Crippen LogP contribution in [-0.2, 0) is 12.8 Å². The van der Waals surface area contributed by atoms with E-state index in [-0.39, 0.29) is 5.54 Å². The van der Waals surface area contributed by atoms with Gasteiger partial charge in [0.2, 0.25) is 0 Å². The van der Waals surface area contributed by atoms with Gasteiger partial charge in [-0.1, -0.05) is 13.0 Å². The van der Waals surface area contributed by atoms with Crippen LogP contribution >= 0.6 is 0 Å². The molecule has 0 atom stereocenters. The molecule has 76 valence electrons. The Morgan fingerprint density at radius 3 is 2.50 bits per heavy atom. The van der Waals surface area contributed by atoms with Crippen molar-refractivity contribution >= 4 is 0 Å². The number of benzene rings is 1. The summed E-state index contributed by atoms with van der Waals surface area (Å²) >= 11 is 0. The molecule has 3 N–H and O–H groups in total. The van der Waals surface area contributed by atoms with Crippen LogP contribution in [0, 0.1) is 0 Å². The maximum atomic E-state index is 9.50. The van der Waals surface area contributed by atoms with Gasteiger partial charge in [0, 0.05) is 5.54 Å². The summed E-state index contributed by atoms with van der Waals surface area (Å²) in [7, 11) is 0. The Balaban J connectivity index is 2.20. The number of hydrogen-bond acceptors (Lipinski definition) is 2. The molecule has 2 nitrogen and oxygen atoms in total. The van der Waals surface area contributed by atoms with Crippen molar-refractivity contribution in [1.82, 2.24) is 0 Å². The lowest BCUT2D eigenvalue weighted by Gasteiger charge is -2.10. The van der Waals surface area contributed by atoms with Crippen molar-refractivity contribution in [2.24, 2.45) is 5.73 Å². The topological polar surface area (TPSA) is 46.2 Å². The Hall–Kier alpha value is -1.02. The van der Waals surface area contributed by atoms with Crippen molar-refractivity contribution in [3.05, 3.63) is 29.3 Å². The second kappa shape index (κ2) is 3.28. The molecule has 2 heteroatoms. The van der Waals surface area contributed by atoms with Gasteiger partial charge in [0.1, 0.15) is 5.75 Å². The SMILES string of the molecule is CCc1cc(O)cc(CC2(N)CC2)c1. The van der Waals surface area contributed by atoms with Crippen LogP contribution in [0.25, 0.3) is 0 Å². The van der Waals surface area contributed by atoms with Crippen molar-refractivity contribution in [1.29, 1.82) is 0 Å². The normalized spacial score (nSPS) is 18.1. The zero-order chi connectivity index (χ0) is 10.2. The van der Waals surface area contributed by atoms with Crippen molar-refractivity contribution in [3.63, 3.8) is 0 Å². The minimum atomic E-state index is 0.0266. The van der Waals surface area contributed by atoms with Crippen molar-refractivity contribution < 1.29 is 5.11 Å². The Morgan fingerprint density at radius 2 is 1.93 bits per heavy atom. The van der Waals surface area contributed by atoms with Gasteiger partial charge in [-0.15, -0.1) is 0 Å². The summed E-state index contributed by atoms with van der Waals surface area (Å²) in [5.74, 6) is 0.364. The summed E-state index contributed by atoms with van der Waals surface area (Å²) in [5.41, 5.74) is 8.42. The molecule has 1 fully saturated rings. The molecule has 1 saturated carbocycles. The van der Waals surface area contributed by atoms with Gasteiger partial charge in [0.05, 0.1) is 0 Å². The van der Waals surface area contributed by atoms with E-state index in [1.54, 1.807) is 0 Å². The van der Waals surface area contributed by atoms with Crippen LogP contribution in [-0.4, -0.2) is 10.6 Å². The average Bonchev–Trinajstić information content (AvgIpc) is 2.82. The smallest absolute Gasteiger partial charge is 0.116 e. The van der Waals surface area contributed by atoms with Crippen LogP contribution in [0.2, 0.25) is 0 Å². The van der Waals surface area contributed by atoms with Crippen LogP contribution in [0.5, 0.6) is 5.75 Å². The zero-order valence-corrected chi connectivity index (χ0v) is 8.59. The highest BCUT2D eigenvalue weighted by molar-refractivity contribution is 5.35. The molecule has 0 aromatic heterocycles. The van der Waals surface area contributed by atoms with Crippen molar-refractivity contribution in [2.45, 2.75) is 38.1 Å². The number of aromatic hydroxyl groups is 1. The zero-order valence-electron chi connectivity index (χ0n) is 8.59. The Morgan fingerprint density at radius 1 is 1.29 bits per heavy atom. The molecule has 0 unspecified atom stereocenters. The van der Waals surface area contributed by atoms with E-state index >= 15 is 0 Å². The molecule has 14 heavy (non-hydrogen) atoms. The van der Waals surface area contributed by atoms with Gasteiger partial charge in [-0.25, -0.2) is 0 Å². The molecule has 1 aliphatic carbocycles. The molecule has 0 bridgehead atoms. The molecule has 1 aromatic rings. The summed E-state index contributed by atoms with van der Waals surface area (Å²) in [6.07, 6.45) is 4.08. The molecule has 0 spiro atoms. The Bertz CT molecular complexity index is 342. The van der Waals surface area contributed by atoms with Gasteiger partial charge < -0.3 is 10.8 Å². The van der Waals surface area contributed by atoms with E-state index in [4.69, 9.17) is 5.73 Å². The monoisotopic (exact) mass is 191 g/mol. The summed E-state index contributed by atoms with van der Waals surface area (Å²) in [5, 5.41) is 9.50. The number of nitrogens with two attached hydrogens (primary N) is 1. The van der Waals surface area contributed by atoms with Gasteiger partial charge in [-0.05, 0) is 48.9 Å². The fraction of sp³-hybridized carbons (Fsp3) is 0.500. The number of phenols is 1. The third kappa shape index (κ3) is 2.07. The predicted molar refractivity (Wildman–Crippen MR) is 57.3 cm³/mol. The van der Waals surface area contributed by atoms with Gasteiger partial charge in [0.25, 0.3) is 0 Å². The third-order valence-electron chi connectivity index (χ3n) is 2.89. The molecular formula is C12H17NO. The Labute approximate surface area is 84.7 Å². The summed E-state index contributed by atoms with van der Waals surface area (Å²) in [6.45, 7) is 2.09. The second-order valence-electron chi connectivity index (χ2n) is 4.40. The van der Waals surface area contributed by atoms with Gasteiger partial charge in [-0.3, -0.25) is 0 Å². The van der Waals surface area contributed by atoms with Gasteiger partial charge >= 0.3 is 0 Å². The molecule has 2 rings (SSSR count). The van der Waals surface area contributed by atoms with Crippen LogP contribution in [0.1, 0.15) is 30.9 Å². The molecule has 0 heterocycles. The number of aryl methyl sites for hydroxylation is 1. The first kappa shape index (κ1) is 9.53. The third-order valence-corrected chi connectivity index (χ3v) is 2.89. The summed E-state index contributed by atoms with van der Waals surface area (Å²) < 4.78 is 0. The van der Waals surface area contributed by atoms with E-state index in [1.807, 2.05) is 12.1 Å². The van der Waals surface area contributed by atoms with E-state index in [1.165, 1.54) is 11.1 Å². The van der Waals surface area contributed by atoms with Gasteiger partial charge in [-0.2, -0.15) is 0 Å². The molecule has 0 saturated heterocycles. The molecular weight excluding hydrogens is 174 g/mol. The molecule has 1 aromatic carbocycles. The molecule has 0 aliphatic heterocycles. The second-order valence-corrected chi connectivity index (χ2v) is 4.40. The van der Waals surface area contributed by atoms with Crippen LogP contribution in [0.15, 0.2) is 18.2 Å². The number of phenolic OH excluding ortho intramolecular Hbond substituents is 1. The highest BCUT2D eigenvalue weighted by Gasteiger charge is 2.37. The fourth-order valence-corrected chi connectivity index (χ4v) is 1.79. The van der Waals surface area contributed by atoms with Crippen LogP contribution in [0.3, 0.4) is 0 Å². The van der Waals surface area contributed by atoms with E-state index < -0.39 is 0 Å². The minimum absolute atomic E-state index is 0.0266. The first-order chi connectivity index (χ1) is 6.61. The molecule has 0 radical (unpaired) electrons. The molecule has 0 amide bonds. The largest absolute Gasteiger partial charge is 0.508 e. The highest BCUT2D eigenvalue weighted by atomic mass is 16.3. The fourth-order valence-electron chi connectivity index (χ4n) is 1.79. The summed E-state index contributed by atoms with van der Waals surface area (Å²) in [4.78, 5) is 0. The maximum absolute atomic E-state index is 9.50. The molecule has 1 aliphatic rings. The van der Waals surface area contributed by atoms with E-state index in [2.05, 4.69) is 13.0 Å². The first-order valence-electron chi connectivity index (χ1n) is 5.22. The highest BCUT2D eigenvalue weighted by Crippen LogP contribution is 2.36. The van der Waals surface area contributed by atoms with Crippen LogP contribution < -0.4 is 5.73 Å². The minimum Gasteiger partial charge on any atom is -0.508 e. The lowest BCUT2D eigenvalue weighted by molar-refractivity contribution is 0.473. The van der Waals surface area contributed by atoms with Gasteiger partial charge in [0.15, 0.2) is 0 Å². The Kier molecular flexibility index (Phi) is 2.23. The summed E-state index contributed by atoms with van der Waals surface area (Å²) in [6, 6.07) is 5.79. The lowest BCUT2D eigenvalue weighted by atomic mass is 10.0. The van der Waals surface area contributed by atoms with E-state index in [0.717, 1.165) is 25.7 Å². The van der Waals surface area contributed by atoms with Crippen LogP contribution in [0.4, 0.5) is 0 Å². The predicted octanol–water partition coefficient (Wildman–Crippen LogP) is 1.99.